The fraction of sp³-hybridized carbons (Fsp3) is 0.188. The van der Waals surface area contributed by atoms with Crippen molar-refractivity contribution >= 4 is 28.7 Å². The number of aryl methyl sites for hydroxylation is 3. The van der Waals surface area contributed by atoms with Gasteiger partial charge in [-0.2, -0.15) is 0 Å². The van der Waals surface area contributed by atoms with Crippen molar-refractivity contribution in [2.75, 3.05) is 10.6 Å². The highest BCUT2D eigenvalue weighted by Crippen LogP contribution is 2.17. The number of rotatable bonds is 2. The summed E-state index contributed by atoms with van der Waals surface area (Å²) in [6.07, 6.45) is 0. The Balaban J connectivity index is 2.08. The van der Waals surface area contributed by atoms with E-state index in [2.05, 4.69) is 55.7 Å². The van der Waals surface area contributed by atoms with Gasteiger partial charge in [0.15, 0.2) is 5.11 Å². The first kappa shape index (κ1) is 13.6. The van der Waals surface area contributed by atoms with Gasteiger partial charge in [-0.1, -0.05) is 35.9 Å². The Morgan fingerprint density at radius 2 is 1.47 bits per heavy atom. The molecule has 0 amide bonds. The zero-order chi connectivity index (χ0) is 13.8. The second-order valence-electron chi connectivity index (χ2n) is 4.71. The third kappa shape index (κ3) is 3.55. The van der Waals surface area contributed by atoms with E-state index in [4.69, 9.17) is 12.2 Å². The number of hydrogen-bond donors (Lipinski definition) is 2. The molecule has 0 fully saturated rings. The minimum absolute atomic E-state index is 0.612. The molecule has 0 aliphatic heterocycles. The molecule has 2 aromatic rings. The van der Waals surface area contributed by atoms with Gasteiger partial charge in [0.1, 0.15) is 0 Å². The summed E-state index contributed by atoms with van der Waals surface area (Å²) in [6.45, 7) is 6.22. The summed E-state index contributed by atoms with van der Waals surface area (Å²) in [5.41, 5.74) is 5.68. The van der Waals surface area contributed by atoms with Crippen LogP contribution in [0.1, 0.15) is 16.7 Å². The average Bonchev–Trinajstić information content (AvgIpc) is 2.36. The van der Waals surface area contributed by atoms with Crippen LogP contribution >= 0.6 is 12.2 Å². The maximum absolute atomic E-state index is 5.35. The molecular formula is C16H18N2S. The van der Waals surface area contributed by atoms with Crippen molar-refractivity contribution in [2.24, 2.45) is 0 Å². The van der Waals surface area contributed by atoms with Gasteiger partial charge in [-0.3, -0.25) is 0 Å². The minimum Gasteiger partial charge on any atom is -0.332 e. The van der Waals surface area contributed by atoms with Crippen molar-refractivity contribution in [3.8, 4) is 0 Å². The fourth-order valence-corrected chi connectivity index (χ4v) is 2.16. The SMILES string of the molecule is Cc1ccc(NC(=S)Nc2ccccc2C)c(C)c1. The molecule has 2 N–H and O–H groups in total. The first-order valence-electron chi connectivity index (χ1n) is 6.27. The first-order valence-corrected chi connectivity index (χ1v) is 6.68. The number of para-hydroxylation sites is 1. The second-order valence-corrected chi connectivity index (χ2v) is 5.12. The van der Waals surface area contributed by atoms with Crippen molar-refractivity contribution in [3.05, 3.63) is 59.2 Å². The second kappa shape index (κ2) is 5.85. The highest BCUT2D eigenvalue weighted by atomic mass is 32.1. The summed E-state index contributed by atoms with van der Waals surface area (Å²) in [5, 5.41) is 7.07. The quantitative estimate of drug-likeness (QED) is 0.790. The molecule has 3 heteroatoms. The Bertz CT molecular complexity index is 605. The molecule has 0 aliphatic rings. The summed E-state index contributed by atoms with van der Waals surface area (Å²) in [4.78, 5) is 0. The van der Waals surface area contributed by atoms with Crippen molar-refractivity contribution < 1.29 is 0 Å². The van der Waals surface area contributed by atoms with Crippen molar-refractivity contribution in [1.82, 2.24) is 0 Å². The zero-order valence-corrected chi connectivity index (χ0v) is 12.3. The monoisotopic (exact) mass is 270 g/mol. The van der Waals surface area contributed by atoms with Gasteiger partial charge < -0.3 is 10.6 Å². The molecule has 0 heterocycles. The van der Waals surface area contributed by atoms with E-state index in [0.717, 1.165) is 11.4 Å². The molecule has 19 heavy (non-hydrogen) atoms. The fourth-order valence-electron chi connectivity index (χ4n) is 1.94. The van der Waals surface area contributed by atoms with Crippen LogP contribution in [0.25, 0.3) is 0 Å². The highest BCUT2D eigenvalue weighted by Gasteiger charge is 2.03. The molecule has 0 radical (unpaired) electrons. The first-order chi connectivity index (χ1) is 9.06. The Labute approximate surface area is 119 Å². The van der Waals surface area contributed by atoms with Crippen LogP contribution in [0.3, 0.4) is 0 Å². The van der Waals surface area contributed by atoms with E-state index in [-0.39, 0.29) is 0 Å². The molecule has 2 rings (SSSR count). The lowest BCUT2D eigenvalue weighted by molar-refractivity contribution is 1.38. The van der Waals surface area contributed by atoms with Crippen LogP contribution < -0.4 is 10.6 Å². The Morgan fingerprint density at radius 3 is 2.11 bits per heavy atom. The molecule has 0 atom stereocenters. The highest BCUT2D eigenvalue weighted by molar-refractivity contribution is 7.80. The summed E-state index contributed by atoms with van der Waals surface area (Å²) in [7, 11) is 0. The topological polar surface area (TPSA) is 24.1 Å². The molecule has 0 saturated carbocycles. The van der Waals surface area contributed by atoms with Crippen LogP contribution in [0.2, 0.25) is 0 Å². The molecule has 0 spiro atoms. The molecule has 98 valence electrons. The predicted molar refractivity (Wildman–Crippen MR) is 86.9 cm³/mol. The lowest BCUT2D eigenvalue weighted by Gasteiger charge is -2.14. The third-order valence-electron chi connectivity index (χ3n) is 3.02. The van der Waals surface area contributed by atoms with E-state index in [9.17, 15) is 0 Å². The van der Waals surface area contributed by atoms with Gasteiger partial charge >= 0.3 is 0 Å². The molecular weight excluding hydrogens is 252 g/mol. The summed E-state index contributed by atoms with van der Waals surface area (Å²) < 4.78 is 0. The Hall–Kier alpha value is -1.87. The molecule has 0 aliphatic carbocycles. The smallest absolute Gasteiger partial charge is 0.175 e. The van der Waals surface area contributed by atoms with E-state index in [0.29, 0.717) is 5.11 Å². The molecule has 2 aromatic carbocycles. The minimum atomic E-state index is 0.612. The van der Waals surface area contributed by atoms with E-state index in [1.54, 1.807) is 0 Å². The number of nitrogens with one attached hydrogen (secondary N) is 2. The van der Waals surface area contributed by atoms with Gasteiger partial charge in [0.05, 0.1) is 0 Å². The van der Waals surface area contributed by atoms with Gasteiger partial charge in [0, 0.05) is 11.4 Å². The van der Waals surface area contributed by atoms with Crippen LogP contribution in [0.4, 0.5) is 11.4 Å². The maximum Gasteiger partial charge on any atom is 0.175 e. The molecule has 2 nitrogen and oxygen atoms in total. The lowest BCUT2D eigenvalue weighted by Crippen LogP contribution is -2.20. The molecule has 0 bridgehead atoms. The maximum atomic E-state index is 5.35. The number of hydrogen-bond acceptors (Lipinski definition) is 1. The summed E-state index contributed by atoms with van der Waals surface area (Å²) in [6, 6.07) is 14.4. The van der Waals surface area contributed by atoms with Crippen LogP contribution in [-0.4, -0.2) is 5.11 Å². The normalized spacial score (nSPS) is 10.1. The summed E-state index contributed by atoms with van der Waals surface area (Å²) >= 11 is 5.35. The third-order valence-corrected chi connectivity index (χ3v) is 3.23. The van der Waals surface area contributed by atoms with Gasteiger partial charge in [0.2, 0.25) is 0 Å². The van der Waals surface area contributed by atoms with Crippen molar-refractivity contribution in [3.63, 3.8) is 0 Å². The predicted octanol–water partition coefficient (Wildman–Crippen LogP) is 4.42. The van der Waals surface area contributed by atoms with Gasteiger partial charge in [-0.05, 0) is 56.2 Å². The standard InChI is InChI=1S/C16H18N2S/c1-11-8-9-15(13(3)10-11)18-16(19)17-14-7-5-4-6-12(14)2/h4-10H,1-3H3,(H2,17,18,19). The summed E-state index contributed by atoms with van der Waals surface area (Å²) in [5.74, 6) is 0. The van der Waals surface area contributed by atoms with E-state index in [1.165, 1.54) is 16.7 Å². The molecule has 0 aromatic heterocycles. The van der Waals surface area contributed by atoms with Gasteiger partial charge in [0.25, 0.3) is 0 Å². The van der Waals surface area contributed by atoms with Crippen molar-refractivity contribution in [2.45, 2.75) is 20.8 Å². The largest absolute Gasteiger partial charge is 0.332 e. The Morgan fingerprint density at radius 1 is 0.842 bits per heavy atom. The lowest BCUT2D eigenvalue weighted by atomic mass is 10.1. The average molecular weight is 270 g/mol. The van der Waals surface area contributed by atoms with E-state index in [1.807, 2.05) is 18.2 Å². The van der Waals surface area contributed by atoms with E-state index >= 15 is 0 Å². The number of thiocarbonyl (C=S) groups is 1. The zero-order valence-electron chi connectivity index (χ0n) is 11.4. The number of benzene rings is 2. The number of anilines is 2. The van der Waals surface area contributed by atoms with Crippen LogP contribution in [0.5, 0.6) is 0 Å². The van der Waals surface area contributed by atoms with Crippen LogP contribution in [0.15, 0.2) is 42.5 Å². The van der Waals surface area contributed by atoms with Crippen LogP contribution in [-0.2, 0) is 0 Å². The van der Waals surface area contributed by atoms with Crippen molar-refractivity contribution in [1.29, 1.82) is 0 Å². The van der Waals surface area contributed by atoms with E-state index < -0.39 is 0 Å². The van der Waals surface area contributed by atoms with Crippen LogP contribution in [0, 0.1) is 20.8 Å². The Kier molecular flexibility index (Phi) is 4.17. The van der Waals surface area contributed by atoms with Gasteiger partial charge in [-0.15, -0.1) is 0 Å². The molecule has 0 unspecified atom stereocenters. The van der Waals surface area contributed by atoms with Gasteiger partial charge in [-0.25, -0.2) is 0 Å². The molecule has 0 saturated heterocycles.